The molecule has 0 spiro atoms. The third-order valence-electron chi connectivity index (χ3n) is 2.91. The smallest absolute Gasteiger partial charge is 0.269 e. The van der Waals surface area contributed by atoms with E-state index < -0.39 is 0 Å². The number of aryl methyl sites for hydroxylation is 1. The van der Waals surface area contributed by atoms with Crippen molar-refractivity contribution in [2.45, 2.75) is 19.8 Å². The Balaban J connectivity index is 2.01. The Labute approximate surface area is 133 Å². The van der Waals surface area contributed by atoms with Crippen LogP contribution in [0.5, 0.6) is 0 Å². The number of nitrogens with zero attached hydrogens (tertiary/aromatic N) is 1. The Bertz CT molecular complexity index is 609. The number of halogens is 2. The molecule has 1 amide bonds. The Hall–Kier alpha value is -1.78. The van der Waals surface area contributed by atoms with E-state index >= 15 is 0 Å². The fourth-order valence-corrected chi connectivity index (χ4v) is 2.29. The third-order valence-corrected chi connectivity index (χ3v) is 3.48. The van der Waals surface area contributed by atoms with E-state index in [1.807, 2.05) is 12.1 Å². The summed E-state index contributed by atoms with van der Waals surface area (Å²) >= 11 is 11.9. The summed E-state index contributed by atoms with van der Waals surface area (Å²) in [5.41, 5.74) is 7.47. The second-order valence-corrected chi connectivity index (χ2v) is 5.32. The van der Waals surface area contributed by atoms with Crippen molar-refractivity contribution in [3.05, 3.63) is 57.8 Å². The summed E-state index contributed by atoms with van der Waals surface area (Å²) in [6.07, 6.45) is 4.97. The molecule has 21 heavy (non-hydrogen) atoms. The minimum atomic E-state index is -0.262. The van der Waals surface area contributed by atoms with E-state index in [4.69, 9.17) is 23.2 Å². The summed E-state index contributed by atoms with van der Waals surface area (Å²) in [5, 5.41) is 0.669. The molecule has 110 valence electrons. The van der Waals surface area contributed by atoms with Crippen LogP contribution in [0, 0.1) is 0 Å². The predicted molar refractivity (Wildman–Crippen MR) is 85.8 cm³/mol. The first-order chi connectivity index (χ1) is 10.1. The summed E-state index contributed by atoms with van der Waals surface area (Å²) in [4.78, 5) is 15.9. The van der Waals surface area contributed by atoms with Gasteiger partial charge in [0.2, 0.25) is 0 Å². The van der Waals surface area contributed by atoms with Crippen molar-refractivity contribution in [2.24, 2.45) is 0 Å². The van der Waals surface area contributed by atoms with Gasteiger partial charge in [-0.15, -0.1) is 0 Å². The molecule has 1 heterocycles. The zero-order chi connectivity index (χ0) is 15.2. The average molecular weight is 324 g/mol. The van der Waals surface area contributed by atoms with E-state index in [0.717, 1.165) is 12.8 Å². The summed E-state index contributed by atoms with van der Waals surface area (Å²) in [6.45, 7) is 2.12. The quantitative estimate of drug-likeness (QED) is 0.814. The highest BCUT2D eigenvalue weighted by atomic mass is 35.5. The van der Waals surface area contributed by atoms with Crippen LogP contribution in [0.1, 0.15) is 29.3 Å². The normalized spacial score (nSPS) is 10.2. The van der Waals surface area contributed by atoms with Gasteiger partial charge in [-0.3, -0.25) is 20.6 Å². The lowest BCUT2D eigenvalue weighted by Crippen LogP contribution is -2.29. The number of carbonyl (C=O) groups excluding carboxylic acids is 1. The van der Waals surface area contributed by atoms with Crippen molar-refractivity contribution in [3.8, 4) is 0 Å². The van der Waals surface area contributed by atoms with Gasteiger partial charge in [-0.05, 0) is 24.1 Å². The lowest BCUT2D eigenvalue weighted by atomic mass is 10.1. The number of carbonyl (C=O) groups is 1. The van der Waals surface area contributed by atoms with Gasteiger partial charge in [0.25, 0.3) is 5.91 Å². The van der Waals surface area contributed by atoms with E-state index in [-0.39, 0.29) is 5.91 Å². The molecule has 0 radical (unpaired) electrons. The second-order valence-electron chi connectivity index (χ2n) is 4.50. The molecule has 0 aliphatic heterocycles. The number of hydrogen-bond acceptors (Lipinski definition) is 3. The lowest BCUT2D eigenvalue weighted by molar-refractivity contribution is 0.0962. The topological polar surface area (TPSA) is 54.0 Å². The molecule has 0 unspecified atom stereocenters. The highest BCUT2D eigenvalue weighted by Crippen LogP contribution is 2.27. The van der Waals surface area contributed by atoms with Crippen LogP contribution in [-0.2, 0) is 6.42 Å². The van der Waals surface area contributed by atoms with Gasteiger partial charge in [0.15, 0.2) is 0 Å². The number of pyridine rings is 1. The highest BCUT2D eigenvalue weighted by Gasteiger charge is 2.09. The van der Waals surface area contributed by atoms with Crippen LogP contribution in [0.15, 0.2) is 36.7 Å². The molecule has 0 fully saturated rings. The van der Waals surface area contributed by atoms with E-state index in [2.05, 4.69) is 22.8 Å². The van der Waals surface area contributed by atoms with Crippen LogP contribution in [0.4, 0.5) is 5.69 Å². The molecule has 6 heteroatoms. The number of anilines is 1. The molecule has 1 aromatic heterocycles. The van der Waals surface area contributed by atoms with Gasteiger partial charge in [-0.1, -0.05) is 48.7 Å². The summed E-state index contributed by atoms with van der Waals surface area (Å²) < 4.78 is 0. The molecule has 0 saturated heterocycles. The molecule has 0 atom stereocenters. The van der Waals surface area contributed by atoms with Gasteiger partial charge < -0.3 is 0 Å². The molecule has 0 aliphatic carbocycles. The molecule has 1 aromatic carbocycles. The number of aromatic nitrogens is 1. The van der Waals surface area contributed by atoms with Crippen molar-refractivity contribution in [1.29, 1.82) is 0 Å². The van der Waals surface area contributed by atoms with Crippen molar-refractivity contribution in [2.75, 3.05) is 5.43 Å². The summed E-state index contributed by atoms with van der Waals surface area (Å²) in [6, 6.07) is 7.48. The molecule has 0 aliphatic rings. The zero-order valence-electron chi connectivity index (χ0n) is 11.5. The monoisotopic (exact) mass is 323 g/mol. The van der Waals surface area contributed by atoms with E-state index in [1.165, 1.54) is 18.0 Å². The van der Waals surface area contributed by atoms with E-state index in [0.29, 0.717) is 21.3 Å². The zero-order valence-corrected chi connectivity index (χ0v) is 13.0. The minimum Gasteiger partial charge on any atom is -0.295 e. The van der Waals surface area contributed by atoms with E-state index in [9.17, 15) is 4.79 Å². The van der Waals surface area contributed by atoms with Crippen LogP contribution in [-0.4, -0.2) is 10.9 Å². The van der Waals surface area contributed by atoms with Crippen molar-refractivity contribution < 1.29 is 4.79 Å². The second kappa shape index (κ2) is 7.29. The van der Waals surface area contributed by atoms with Crippen LogP contribution < -0.4 is 10.9 Å². The Morgan fingerprint density at radius 1 is 1.14 bits per heavy atom. The molecular formula is C15H15Cl2N3O. The first-order valence-electron chi connectivity index (χ1n) is 6.56. The van der Waals surface area contributed by atoms with Crippen molar-refractivity contribution >= 4 is 34.8 Å². The number of nitrogens with one attached hydrogen (secondary N) is 2. The number of hydrogen-bond donors (Lipinski definition) is 2. The Morgan fingerprint density at radius 3 is 2.33 bits per heavy atom. The third kappa shape index (κ3) is 4.09. The van der Waals surface area contributed by atoms with Crippen LogP contribution >= 0.6 is 23.2 Å². The fourth-order valence-electron chi connectivity index (χ4n) is 1.83. The van der Waals surface area contributed by atoms with Crippen LogP contribution in [0.2, 0.25) is 10.0 Å². The summed E-state index contributed by atoms with van der Waals surface area (Å²) in [7, 11) is 0. The molecule has 2 N–H and O–H groups in total. The van der Waals surface area contributed by atoms with E-state index in [1.54, 1.807) is 12.1 Å². The van der Waals surface area contributed by atoms with Gasteiger partial charge >= 0.3 is 0 Å². The van der Waals surface area contributed by atoms with Crippen LogP contribution in [0.25, 0.3) is 0 Å². The standard InChI is InChI=1S/C15H15Cl2N3O/c1-2-3-10-4-6-11(7-5-10)15(21)20-19-14-12(16)8-18-9-13(14)17/h4-9H,2-3H2,1H3,(H,18,19)(H,20,21). The van der Waals surface area contributed by atoms with Crippen molar-refractivity contribution in [1.82, 2.24) is 10.4 Å². The molecule has 0 bridgehead atoms. The fraction of sp³-hybridized carbons (Fsp3) is 0.200. The Kier molecular flexibility index (Phi) is 5.42. The number of benzene rings is 1. The maximum absolute atomic E-state index is 12.0. The lowest BCUT2D eigenvalue weighted by Gasteiger charge is -2.11. The maximum atomic E-state index is 12.0. The van der Waals surface area contributed by atoms with Gasteiger partial charge in [-0.2, -0.15) is 0 Å². The molecule has 2 aromatic rings. The number of rotatable bonds is 5. The molecular weight excluding hydrogens is 309 g/mol. The first kappa shape index (κ1) is 15.6. The number of amides is 1. The molecule has 2 rings (SSSR count). The Morgan fingerprint density at radius 2 is 1.76 bits per heavy atom. The van der Waals surface area contributed by atoms with Gasteiger partial charge in [0.05, 0.1) is 15.7 Å². The SMILES string of the molecule is CCCc1ccc(C(=O)NNc2c(Cl)cncc2Cl)cc1. The largest absolute Gasteiger partial charge is 0.295 e. The van der Waals surface area contributed by atoms with Crippen molar-refractivity contribution in [3.63, 3.8) is 0 Å². The predicted octanol–water partition coefficient (Wildman–Crippen LogP) is 4.10. The van der Waals surface area contributed by atoms with Gasteiger partial charge in [0.1, 0.15) is 0 Å². The molecule has 4 nitrogen and oxygen atoms in total. The van der Waals surface area contributed by atoms with Gasteiger partial charge in [-0.25, -0.2) is 0 Å². The minimum absolute atomic E-state index is 0.262. The van der Waals surface area contributed by atoms with Gasteiger partial charge in [0, 0.05) is 18.0 Å². The molecule has 0 saturated carbocycles. The average Bonchev–Trinajstić information content (AvgIpc) is 2.47. The highest BCUT2D eigenvalue weighted by molar-refractivity contribution is 6.38. The maximum Gasteiger partial charge on any atom is 0.269 e. The van der Waals surface area contributed by atoms with Crippen LogP contribution in [0.3, 0.4) is 0 Å². The first-order valence-corrected chi connectivity index (χ1v) is 7.31. The number of hydrazine groups is 1. The summed E-state index contributed by atoms with van der Waals surface area (Å²) in [5.74, 6) is -0.262.